The van der Waals surface area contributed by atoms with Crippen molar-refractivity contribution in [3.63, 3.8) is 0 Å². The summed E-state index contributed by atoms with van der Waals surface area (Å²) >= 11 is 0. The molecule has 6 heteroatoms. The molecule has 0 amide bonds. The molecule has 1 saturated heterocycles. The molecule has 2 unspecified atom stereocenters. The summed E-state index contributed by atoms with van der Waals surface area (Å²) < 4.78 is 0. The maximum Gasteiger partial charge on any atom is 0.145 e. The Hall–Kier alpha value is -1.40. The fourth-order valence-corrected chi connectivity index (χ4v) is 2.69. The largest absolute Gasteiger partial charge is 0.355 e. The number of nitrogens with one attached hydrogen (secondary N) is 1. The highest BCUT2D eigenvalue weighted by Crippen LogP contribution is 2.26. The molecule has 1 fully saturated rings. The Kier molecular flexibility index (Phi) is 4.21. The van der Waals surface area contributed by atoms with Gasteiger partial charge in [0.05, 0.1) is 0 Å². The molecule has 0 bridgehead atoms. The molecule has 3 N–H and O–H groups in total. The minimum atomic E-state index is 0.564. The molecule has 2 atom stereocenters. The number of hydrazine groups is 1. The molecule has 0 spiro atoms. The van der Waals surface area contributed by atoms with Crippen LogP contribution >= 0.6 is 0 Å². The lowest BCUT2D eigenvalue weighted by atomic mass is 10.1. The molecule has 106 valence electrons. The van der Waals surface area contributed by atoms with Gasteiger partial charge in [0, 0.05) is 31.6 Å². The third-order valence-electron chi connectivity index (χ3n) is 3.78. The Bertz CT molecular complexity index is 411. The van der Waals surface area contributed by atoms with Gasteiger partial charge in [-0.3, -0.25) is 0 Å². The van der Waals surface area contributed by atoms with Gasteiger partial charge in [-0.25, -0.2) is 15.8 Å². The summed E-state index contributed by atoms with van der Waals surface area (Å²) in [6, 6.07) is 2.48. The number of nitrogens with two attached hydrogens (primary N) is 1. The Balaban J connectivity index is 2.23. The highest BCUT2D eigenvalue weighted by Gasteiger charge is 2.31. The molecule has 0 radical (unpaired) electrons. The summed E-state index contributed by atoms with van der Waals surface area (Å²) in [4.78, 5) is 13.5. The van der Waals surface area contributed by atoms with Crippen LogP contribution in [0.5, 0.6) is 0 Å². The predicted octanol–water partition coefficient (Wildman–Crippen LogP) is 0.711. The van der Waals surface area contributed by atoms with E-state index in [1.165, 1.54) is 0 Å². The van der Waals surface area contributed by atoms with Gasteiger partial charge in [-0.05, 0) is 20.0 Å². The van der Waals surface area contributed by atoms with E-state index in [1.807, 2.05) is 6.07 Å². The first-order chi connectivity index (χ1) is 9.05. The Morgan fingerprint density at radius 2 is 2.16 bits per heavy atom. The minimum Gasteiger partial charge on any atom is -0.355 e. The molecule has 0 aliphatic carbocycles. The van der Waals surface area contributed by atoms with E-state index in [0.717, 1.165) is 31.2 Å². The van der Waals surface area contributed by atoms with Gasteiger partial charge >= 0.3 is 0 Å². The highest BCUT2D eigenvalue weighted by atomic mass is 15.3. The normalized spacial score (nSPS) is 23.2. The summed E-state index contributed by atoms with van der Waals surface area (Å²) in [5.74, 6) is 8.58. The Labute approximate surface area is 115 Å². The number of aryl methyl sites for hydroxylation is 1. The van der Waals surface area contributed by atoms with E-state index in [4.69, 9.17) is 5.84 Å². The fourth-order valence-electron chi connectivity index (χ4n) is 2.69. The van der Waals surface area contributed by atoms with Crippen LogP contribution in [-0.4, -0.2) is 48.1 Å². The number of nitrogens with zero attached hydrogens (tertiary/aromatic N) is 4. The first kappa shape index (κ1) is 14.0. The number of aromatic nitrogens is 2. The van der Waals surface area contributed by atoms with E-state index >= 15 is 0 Å². The first-order valence-electron chi connectivity index (χ1n) is 6.81. The third kappa shape index (κ3) is 2.96. The molecule has 6 nitrogen and oxygen atoms in total. The first-order valence-corrected chi connectivity index (χ1v) is 6.81. The van der Waals surface area contributed by atoms with Crippen molar-refractivity contribution in [1.82, 2.24) is 14.9 Å². The van der Waals surface area contributed by atoms with Crippen LogP contribution in [-0.2, 0) is 6.42 Å². The van der Waals surface area contributed by atoms with Gasteiger partial charge < -0.3 is 15.2 Å². The second-order valence-corrected chi connectivity index (χ2v) is 5.44. The topological polar surface area (TPSA) is 70.3 Å². The lowest BCUT2D eigenvalue weighted by Gasteiger charge is -2.22. The van der Waals surface area contributed by atoms with E-state index in [1.54, 1.807) is 0 Å². The maximum absolute atomic E-state index is 5.48. The number of rotatable bonds is 4. The van der Waals surface area contributed by atoms with Crippen LogP contribution in [0.15, 0.2) is 6.07 Å². The molecule has 0 saturated carbocycles. The van der Waals surface area contributed by atoms with E-state index in [9.17, 15) is 0 Å². The van der Waals surface area contributed by atoms with Crippen LogP contribution in [0.2, 0.25) is 0 Å². The monoisotopic (exact) mass is 264 g/mol. The average Bonchev–Trinajstić information content (AvgIpc) is 2.80. The summed E-state index contributed by atoms with van der Waals surface area (Å²) in [6.07, 6.45) is 0.809. The van der Waals surface area contributed by atoms with Crippen LogP contribution in [0.4, 0.5) is 11.6 Å². The molecule has 1 aliphatic heterocycles. The van der Waals surface area contributed by atoms with E-state index in [-0.39, 0.29) is 0 Å². The molecule has 1 aromatic heterocycles. The smallest absolute Gasteiger partial charge is 0.145 e. The van der Waals surface area contributed by atoms with Gasteiger partial charge in [0.15, 0.2) is 0 Å². The zero-order valence-corrected chi connectivity index (χ0v) is 12.2. The Morgan fingerprint density at radius 1 is 1.42 bits per heavy atom. The standard InChI is InChI=1S/C13H24N6/c1-5-11-15-12(17-14)6-13(16-11)19-7-9(2)10(8-19)18(3)4/h6,9-10H,5,7-8,14H2,1-4H3,(H,15,16,17). The number of hydrogen-bond acceptors (Lipinski definition) is 6. The molecular weight excluding hydrogens is 240 g/mol. The van der Waals surface area contributed by atoms with Crippen LogP contribution in [0.3, 0.4) is 0 Å². The number of hydrogen-bond donors (Lipinski definition) is 2. The summed E-state index contributed by atoms with van der Waals surface area (Å²) in [5.41, 5.74) is 2.62. The van der Waals surface area contributed by atoms with Crippen molar-refractivity contribution < 1.29 is 0 Å². The molecule has 19 heavy (non-hydrogen) atoms. The SMILES string of the molecule is CCc1nc(NN)cc(N2CC(C)C(N(C)C)C2)n1. The summed E-state index contributed by atoms with van der Waals surface area (Å²) in [6.45, 7) is 6.36. The van der Waals surface area contributed by atoms with Crippen LogP contribution in [0, 0.1) is 5.92 Å². The lowest BCUT2D eigenvalue weighted by Crippen LogP contribution is -2.34. The number of nitrogen functional groups attached to an aromatic ring is 1. The Morgan fingerprint density at radius 3 is 2.68 bits per heavy atom. The van der Waals surface area contributed by atoms with Crippen molar-refractivity contribution in [2.24, 2.45) is 11.8 Å². The lowest BCUT2D eigenvalue weighted by molar-refractivity contribution is 0.266. The van der Waals surface area contributed by atoms with Gasteiger partial charge in [-0.1, -0.05) is 13.8 Å². The summed E-state index contributed by atoms with van der Waals surface area (Å²) in [5, 5.41) is 0. The molecule has 2 rings (SSSR count). The van der Waals surface area contributed by atoms with Gasteiger partial charge in [-0.2, -0.15) is 0 Å². The van der Waals surface area contributed by atoms with Crippen molar-refractivity contribution in [3.05, 3.63) is 11.9 Å². The molecule has 0 aromatic carbocycles. The average molecular weight is 264 g/mol. The highest BCUT2D eigenvalue weighted by molar-refractivity contribution is 5.50. The van der Waals surface area contributed by atoms with Crippen molar-refractivity contribution in [3.8, 4) is 0 Å². The fraction of sp³-hybridized carbons (Fsp3) is 0.692. The second kappa shape index (κ2) is 5.71. The molecular formula is C13H24N6. The maximum atomic E-state index is 5.48. The number of likely N-dealkylation sites (N-methyl/N-ethyl adjacent to an activating group) is 1. The van der Waals surface area contributed by atoms with E-state index < -0.39 is 0 Å². The van der Waals surface area contributed by atoms with Crippen molar-refractivity contribution in [2.75, 3.05) is 37.5 Å². The van der Waals surface area contributed by atoms with Gasteiger partial charge in [0.25, 0.3) is 0 Å². The zero-order valence-electron chi connectivity index (χ0n) is 12.2. The van der Waals surface area contributed by atoms with E-state index in [2.05, 4.69) is 53.1 Å². The molecule has 1 aliphatic rings. The molecule has 2 heterocycles. The molecule has 1 aromatic rings. The zero-order chi connectivity index (χ0) is 14.0. The van der Waals surface area contributed by atoms with Gasteiger partial charge in [-0.15, -0.1) is 0 Å². The van der Waals surface area contributed by atoms with Crippen molar-refractivity contribution in [2.45, 2.75) is 26.3 Å². The second-order valence-electron chi connectivity index (χ2n) is 5.44. The quantitative estimate of drug-likeness (QED) is 0.616. The van der Waals surface area contributed by atoms with Crippen molar-refractivity contribution >= 4 is 11.6 Å². The van der Waals surface area contributed by atoms with Crippen LogP contribution in [0.25, 0.3) is 0 Å². The van der Waals surface area contributed by atoms with Gasteiger partial charge in [0.2, 0.25) is 0 Å². The van der Waals surface area contributed by atoms with Crippen LogP contribution in [0.1, 0.15) is 19.7 Å². The number of anilines is 2. The van der Waals surface area contributed by atoms with E-state index in [0.29, 0.717) is 17.8 Å². The summed E-state index contributed by atoms with van der Waals surface area (Å²) in [7, 11) is 4.27. The predicted molar refractivity (Wildman–Crippen MR) is 78.1 cm³/mol. The van der Waals surface area contributed by atoms with Gasteiger partial charge in [0.1, 0.15) is 17.5 Å². The minimum absolute atomic E-state index is 0.564. The van der Waals surface area contributed by atoms with Crippen molar-refractivity contribution in [1.29, 1.82) is 0 Å². The van der Waals surface area contributed by atoms with Crippen LogP contribution < -0.4 is 16.2 Å². The third-order valence-corrected chi connectivity index (χ3v) is 3.78.